The van der Waals surface area contributed by atoms with Crippen LogP contribution in [-0.2, 0) is 19.2 Å². The fraction of sp³-hybridized carbons (Fsp3) is 0.892. The van der Waals surface area contributed by atoms with Gasteiger partial charge in [-0.05, 0) is 109 Å². The highest BCUT2D eigenvalue weighted by Gasteiger charge is 2.56. The number of piperazine rings is 1. The van der Waals surface area contributed by atoms with Crippen molar-refractivity contribution in [2.75, 3.05) is 52.4 Å². The summed E-state index contributed by atoms with van der Waals surface area (Å²) in [5.74, 6) is -3.70. The summed E-state index contributed by atoms with van der Waals surface area (Å²) in [6, 6.07) is 0. The smallest absolute Gasteiger partial charge is 0.228 e. The molecule has 4 heterocycles. The zero-order valence-corrected chi connectivity index (χ0v) is 34.5. The van der Waals surface area contributed by atoms with E-state index in [-0.39, 0.29) is 41.9 Å². The molecule has 0 aromatic heterocycles. The van der Waals surface area contributed by atoms with Crippen LogP contribution in [0.3, 0.4) is 0 Å². The van der Waals surface area contributed by atoms with E-state index in [9.17, 15) is 50.1 Å². The van der Waals surface area contributed by atoms with Crippen molar-refractivity contribution in [2.45, 2.75) is 143 Å². The highest BCUT2D eigenvalue weighted by molar-refractivity contribution is 5.81. The van der Waals surface area contributed by atoms with Gasteiger partial charge in [0.25, 0.3) is 0 Å². The van der Waals surface area contributed by atoms with E-state index < -0.39 is 46.0 Å². The first kappa shape index (κ1) is 46.7. The number of amides is 1. The molecule has 4 aliphatic rings. The Bertz CT molecular complexity index is 1310. The number of aliphatic carboxylic acids is 3. The van der Waals surface area contributed by atoms with Gasteiger partial charge in [0.05, 0.1) is 62.7 Å². The molecule has 0 aromatic carbocycles. The van der Waals surface area contributed by atoms with Gasteiger partial charge in [0, 0.05) is 45.5 Å². The predicted molar refractivity (Wildman–Crippen MR) is 188 cm³/mol. The molecule has 0 bridgehead atoms. The molecule has 16 heteroatoms. The van der Waals surface area contributed by atoms with Crippen LogP contribution in [0.2, 0.25) is 0 Å². The van der Waals surface area contributed by atoms with Gasteiger partial charge in [0.1, 0.15) is 13.1 Å². The third-order valence-corrected chi connectivity index (χ3v) is 12.4. The zero-order chi connectivity index (χ0) is 41.3. The summed E-state index contributed by atoms with van der Waals surface area (Å²) in [5, 5.41) is 66.3. The Labute approximate surface area is 316 Å². The van der Waals surface area contributed by atoms with Crippen molar-refractivity contribution in [3.63, 3.8) is 0 Å². The molecule has 5 N–H and O–H groups in total. The van der Waals surface area contributed by atoms with Crippen LogP contribution >= 0.6 is 0 Å². The van der Waals surface area contributed by atoms with Crippen molar-refractivity contribution in [1.82, 2.24) is 20.1 Å². The van der Waals surface area contributed by atoms with E-state index in [0.29, 0.717) is 39.0 Å². The highest BCUT2D eigenvalue weighted by Crippen LogP contribution is 2.45. The van der Waals surface area contributed by atoms with Crippen molar-refractivity contribution >= 4 is 23.8 Å². The number of rotatable bonds is 9. The predicted octanol–water partition coefficient (Wildman–Crippen LogP) is -3.35. The molecule has 0 saturated carbocycles. The lowest BCUT2D eigenvalue weighted by Gasteiger charge is -2.38. The second-order valence-corrected chi connectivity index (χ2v) is 19.0. The molecule has 4 rings (SSSR count). The van der Waals surface area contributed by atoms with Gasteiger partial charge in [-0.15, -0.1) is 0 Å². The minimum absolute atomic E-state index is 0.00555. The molecule has 0 aliphatic carbocycles. The van der Waals surface area contributed by atoms with E-state index in [2.05, 4.69) is 0 Å². The molecule has 4 aliphatic heterocycles. The van der Waals surface area contributed by atoms with Crippen LogP contribution in [0.4, 0.5) is 0 Å². The monoisotopic (exact) mass is 758 g/mol. The third kappa shape index (κ3) is 10.7. The lowest BCUT2D eigenvalue weighted by Crippen LogP contribution is -3.16. The number of hydrogen-bond acceptors (Lipinski definition) is 13. The molecule has 4 atom stereocenters. The molecule has 1 amide bonds. The van der Waals surface area contributed by atoms with Gasteiger partial charge in [-0.1, -0.05) is 0 Å². The van der Waals surface area contributed by atoms with Crippen LogP contribution in [-0.4, -0.2) is 145 Å². The minimum Gasteiger partial charge on any atom is -0.550 e. The lowest BCUT2D eigenvalue weighted by molar-refractivity contribution is -0.898. The molecule has 0 spiro atoms. The Kier molecular flexibility index (Phi) is 14.8. The highest BCUT2D eigenvalue weighted by atomic mass is 16.5. The summed E-state index contributed by atoms with van der Waals surface area (Å²) in [5.41, 5.74) is -2.84. The second-order valence-electron chi connectivity index (χ2n) is 19.0. The Morgan fingerprint density at radius 1 is 0.660 bits per heavy atom. The van der Waals surface area contributed by atoms with Gasteiger partial charge in [-0.3, -0.25) is 4.79 Å². The first-order valence-electron chi connectivity index (χ1n) is 18.9. The number of hydroxylamine groups is 6. The van der Waals surface area contributed by atoms with E-state index in [1.165, 1.54) is 10.1 Å². The van der Waals surface area contributed by atoms with Gasteiger partial charge < -0.3 is 60.0 Å². The van der Waals surface area contributed by atoms with Crippen LogP contribution in [0, 0.1) is 17.8 Å². The Hall–Kier alpha value is -2.44. The number of hydrogen-bond donors (Lipinski definition) is 5. The molecule has 0 aromatic rings. The number of carboxylic acids is 3. The number of nitrogens with one attached hydrogen (secondary N) is 2. The van der Waals surface area contributed by atoms with Crippen LogP contribution in [0.5, 0.6) is 0 Å². The molecule has 4 fully saturated rings. The fourth-order valence-corrected chi connectivity index (χ4v) is 9.04. The molecule has 308 valence electrons. The minimum atomic E-state index is -1.09. The first-order chi connectivity index (χ1) is 23.9. The molecule has 16 nitrogen and oxygen atoms in total. The summed E-state index contributed by atoms with van der Waals surface area (Å²) >= 11 is 0. The number of likely N-dealkylation sites (N-methyl/N-ethyl adjacent to an activating group) is 1. The summed E-state index contributed by atoms with van der Waals surface area (Å²) in [6.07, 6.45) is 1.90. The van der Waals surface area contributed by atoms with E-state index in [1.54, 1.807) is 18.7 Å². The van der Waals surface area contributed by atoms with Crippen LogP contribution in [0.1, 0.15) is 109 Å². The average Bonchev–Trinajstić information content (AvgIpc) is 3.39. The van der Waals surface area contributed by atoms with E-state index >= 15 is 0 Å². The van der Waals surface area contributed by atoms with Gasteiger partial charge in [0.2, 0.25) is 5.91 Å². The molecule has 4 unspecified atom stereocenters. The summed E-state index contributed by atoms with van der Waals surface area (Å²) in [6.45, 7) is 28.6. The lowest BCUT2D eigenvalue weighted by atomic mass is 9.85. The maximum atomic E-state index is 12.8. The Balaban J connectivity index is 0.000000285. The first-order valence-corrected chi connectivity index (χ1v) is 18.9. The second kappa shape index (κ2) is 16.7. The van der Waals surface area contributed by atoms with E-state index in [0.717, 1.165) is 34.4 Å². The normalized spacial score (nSPS) is 29.4. The number of carbonyl (C=O) groups excluding carboxylic acids is 4. The van der Waals surface area contributed by atoms with Crippen molar-refractivity contribution in [2.24, 2.45) is 17.8 Å². The van der Waals surface area contributed by atoms with E-state index in [4.69, 9.17) is 0 Å². The molecule has 0 radical (unpaired) electrons. The molecule has 53 heavy (non-hydrogen) atoms. The van der Waals surface area contributed by atoms with Crippen molar-refractivity contribution in [1.29, 1.82) is 0 Å². The number of carbonyl (C=O) groups is 4. The van der Waals surface area contributed by atoms with Crippen LogP contribution < -0.4 is 25.1 Å². The van der Waals surface area contributed by atoms with Gasteiger partial charge in [-0.2, -0.15) is 15.2 Å². The summed E-state index contributed by atoms with van der Waals surface area (Å²) < 4.78 is 0. The van der Waals surface area contributed by atoms with Gasteiger partial charge in [-0.25, -0.2) is 0 Å². The SMILES string of the molecule is CC1(C)CC(C(=O)N2CC[NH+](CC(=O)[O-])CC2)C(C)(C)N1O.CC1(C)CC(C(=O)[O-])C(C)(C)N1O.CC[NH+](CC(=O)[O-])CC1CC(C)(C)N(O)C1(C)C. The molecular weight excluding hydrogens is 688 g/mol. The number of nitrogens with zero attached hydrogens (tertiary/aromatic N) is 4. The van der Waals surface area contributed by atoms with Crippen LogP contribution in [0.15, 0.2) is 0 Å². The maximum Gasteiger partial charge on any atom is 0.228 e. The largest absolute Gasteiger partial charge is 0.550 e. The van der Waals surface area contributed by atoms with Gasteiger partial charge in [0.15, 0.2) is 0 Å². The molecular formula is C37H69N6O10-. The van der Waals surface area contributed by atoms with Crippen molar-refractivity contribution in [3.05, 3.63) is 0 Å². The molecule has 4 saturated heterocycles. The van der Waals surface area contributed by atoms with Crippen molar-refractivity contribution in [3.8, 4) is 0 Å². The topological polar surface area (TPSA) is 220 Å². The standard InChI is InChI=1S/C15H27N3O4.C13H26N2O3.C9H17NO3/c1-14(2)9-11(15(3,4)18(14)22)13(21)17-7-5-16(6-8-17)10-12(19)20;1-6-14(9-11(16)17)8-10-7-12(2,3)15(18)13(10,4)5;1-8(2)5-6(7(11)12)9(3,4)10(8)13/h11,22H,5-10H2,1-4H3,(H,19,20);10,18H,6-9H2,1-5H3,(H,16,17);6,13H,5H2,1-4H3,(H,11,12)/p-1. The Morgan fingerprint density at radius 3 is 1.38 bits per heavy atom. The third-order valence-electron chi connectivity index (χ3n) is 12.4. The maximum absolute atomic E-state index is 12.8. The average molecular weight is 758 g/mol. The Morgan fingerprint density at radius 2 is 1.08 bits per heavy atom. The van der Waals surface area contributed by atoms with Crippen molar-refractivity contribution < 1.29 is 59.9 Å². The van der Waals surface area contributed by atoms with Crippen LogP contribution in [0.25, 0.3) is 0 Å². The van der Waals surface area contributed by atoms with E-state index in [1.807, 2.05) is 76.2 Å². The zero-order valence-electron chi connectivity index (χ0n) is 34.5. The number of carboxylic acid groups (broad SMARTS) is 3. The quantitative estimate of drug-likeness (QED) is 0.156. The number of quaternary nitrogens is 2. The van der Waals surface area contributed by atoms with Gasteiger partial charge >= 0.3 is 0 Å². The fourth-order valence-electron chi connectivity index (χ4n) is 9.04. The summed E-state index contributed by atoms with van der Waals surface area (Å²) in [7, 11) is 0. The summed E-state index contributed by atoms with van der Waals surface area (Å²) in [4.78, 5) is 48.7.